The van der Waals surface area contributed by atoms with E-state index in [1.165, 1.54) is 32.8 Å². The first-order valence-electron chi connectivity index (χ1n) is 6.50. The molecule has 0 bridgehead atoms. The molecule has 0 aromatic carbocycles. The van der Waals surface area contributed by atoms with Gasteiger partial charge in [0.05, 0.1) is 18.4 Å². The summed E-state index contributed by atoms with van der Waals surface area (Å²) in [5.41, 5.74) is 1.24. The molecule has 98 valence electrons. The van der Waals surface area contributed by atoms with Crippen LogP contribution < -0.4 is 5.32 Å². The number of aryl methyl sites for hydroxylation is 1. The third-order valence-corrected chi connectivity index (χ3v) is 3.54. The van der Waals surface area contributed by atoms with E-state index in [-0.39, 0.29) is 5.97 Å². The molecule has 0 spiro atoms. The standard InChI is InChI=1S/C14H20N2O2/c1-10-12(14(17)18-2)7-8-13(16-10)15-9-11-5-3-4-6-11/h7-8,11H,3-6,9H2,1-2H3,(H,15,16). The maximum Gasteiger partial charge on any atom is 0.339 e. The van der Waals surface area contributed by atoms with Gasteiger partial charge in [0.1, 0.15) is 5.82 Å². The number of hydrogen-bond donors (Lipinski definition) is 1. The molecule has 1 heterocycles. The third kappa shape index (κ3) is 3.00. The summed E-state index contributed by atoms with van der Waals surface area (Å²) in [6, 6.07) is 3.61. The van der Waals surface area contributed by atoms with E-state index in [0.29, 0.717) is 11.3 Å². The Morgan fingerprint density at radius 1 is 1.44 bits per heavy atom. The number of aromatic nitrogens is 1. The quantitative estimate of drug-likeness (QED) is 0.832. The van der Waals surface area contributed by atoms with E-state index < -0.39 is 0 Å². The van der Waals surface area contributed by atoms with Crippen molar-refractivity contribution in [3.63, 3.8) is 0 Å². The van der Waals surface area contributed by atoms with Gasteiger partial charge in [-0.25, -0.2) is 9.78 Å². The van der Waals surface area contributed by atoms with Crippen LogP contribution in [0.25, 0.3) is 0 Å². The van der Waals surface area contributed by atoms with Gasteiger partial charge in [0, 0.05) is 6.54 Å². The van der Waals surface area contributed by atoms with E-state index in [1.54, 1.807) is 6.07 Å². The van der Waals surface area contributed by atoms with Crippen LogP contribution in [0.5, 0.6) is 0 Å². The van der Waals surface area contributed by atoms with Gasteiger partial charge in [0.15, 0.2) is 0 Å². The van der Waals surface area contributed by atoms with Crippen molar-refractivity contribution in [1.82, 2.24) is 4.98 Å². The van der Waals surface area contributed by atoms with Crippen molar-refractivity contribution in [3.05, 3.63) is 23.4 Å². The highest BCUT2D eigenvalue weighted by Crippen LogP contribution is 2.24. The maximum atomic E-state index is 11.4. The Labute approximate surface area is 108 Å². The van der Waals surface area contributed by atoms with Gasteiger partial charge in [-0.15, -0.1) is 0 Å². The molecule has 0 saturated heterocycles. The molecule has 0 atom stereocenters. The number of pyridine rings is 1. The second kappa shape index (κ2) is 5.85. The Balaban J connectivity index is 1.97. The number of carbonyl (C=O) groups is 1. The van der Waals surface area contributed by atoms with Crippen LogP contribution in [0.2, 0.25) is 0 Å². The second-order valence-corrected chi connectivity index (χ2v) is 4.85. The highest BCUT2D eigenvalue weighted by atomic mass is 16.5. The summed E-state index contributed by atoms with van der Waals surface area (Å²) >= 11 is 0. The average molecular weight is 248 g/mol. The summed E-state index contributed by atoms with van der Waals surface area (Å²) in [6.45, 7) is 2.80. The van der Waals surface area contributed by atoms with Crippen LogP contribution in [0.1, 0.15) is 41.7 Å². The van der Waals surface area contributed by atoms with Crippen molar-refractivity contribution in [2.45, 2.75) is 32.6 Å². The highest BCUT2D eigenvalue weighted by molar-refractivity contribution is 5.90. The largest absolute Gasteiger partial charge is 0.465 e. The molecule has 0 aliphatic heterocycles. The number of methoxy groups -OCH3 is 1. The van der Waals surface area contributed by atoms with E-state index >= 15 is 0 Å². The van der Waals surface area contributed by atoms with Crippen LogP contribution in [-0.4, -0.2) is 24.6 Å². The Morgan fingerprint density at radius 3 is 2.78 bits per heavy atom. The number of nitrogens with one attached hydrogen (secondary N) is 1. The molecule has 2 rings (SSSR count). The molecule has 0 unspecified atom stereocenters. The van der Waals surface area contributed by atoms with Crippen molar-refractivity contribution < 1.29 is 9.53 Å². The first kappa shape index (κ1) is 12.9. The van der Waals surface area contributed by atoms with Crippen molar-refractivity contribution in [3.8, 4) is 0 Å². The normalized spacial score (nSPS) is 15.7. The minimum atomic E-state index is -0.331. The van der Waals surface area contributed by atoms with Crippen molar-refractivity contribution in [2.24, 2.45) is 5.92 Å². The van der Waals surface area contributed by atoms with Crippen LogP contribution in [0, 0.1) is 12.8 Å². The zero-order chi connectivity index (χ0) is 13.0. The molecule has 1 aromatic rings. The fraction of sp³-hybridized carbons (Fsp3) is 0.571. The summed E-state index contributed by atoms with van der Waals surface area (Å²) in [5, 5.41) is 3.35. The number of rotatable bonds is 4. The first-order valence-corrected chi connectivity index (χ1v) is 6.50. The van der Waals surface area contributed by atoms with Gasteiger partial charge >= 0.3 is 5.97 Å². The second-order valence-electron chi connectivity index (χ2n) is 4.85. The van der Waals surface area contributed by atoms with Gasteiger partial charge in [0.2, 0.25) is 0 Å². The number of carbonyl (C=O) groups excluding carboxylic acids is 1. The van der Waals surface area contributed by atoms with E-state index in [4.69, 9.17) is 4.74 Å². The molecule has 4 heteroatoms. The smallest absolute Gasteiger partial charge is 0.339 e. The third-order valence-electron chi connectivity index (χ3n) is 3.54. The number of ether oxygens (including phenoxy) is 1. The van der Waals surface area contributed by atoms with Crippen LogP contribution in [0.4, 0.5) is 5.82 Å². The van der Waals surface area contributed by atoms with Gasteiger partial charge in [-0.2, -0.15) is 0 Å². The number of hydrogen-bond acceptors (Lipinski definition) is 4. The first-order chi connectivity index (χ1) is 8.70. The Kier molecular flexibility index (Phi) is 4.18. The zero-order valence-corrected chi connectivity index (χ0v) is 11.0. The molecule has 0 radical (unpaired) electrons. The number of nitrogens with zero attached hydrogens (tertiary/aromatic N) is 1. The van der Waals surface area contributed by atoms with Crippen LogP contribution >= 0.6 is 0 Å². The molecule has 1 aliphatic rings. The molecular formula is C14H20N2O2. The van der Waals surface area contributed by atoms with Gasteiger partial charge in [0.25, 0.3) is 0 Å². The SMILES string of the molecule is COC(=O)c1ccc(NCC2CCCC2)nc1C. The molecule has 4 nitrogen and oxygen atoms in total. The fourth-order valence-electron chi connectivity index (χ4n) is 2.45. The molecule has 1 aliphatic carbocycles. The van der Waals surface area contributed by atoms with Crippen LogP contribution in [-0.2, 0) is 4.74 Å². The zero-order valence-electron chi connectivity index (χ0n) is 11.0. The lowest BCUT2D eigenvalue weighted by atomic mass is 10.1. The minimum Gasteiger partial charge on any atom is -0.465 e. The van der Waals surface area contributed by atoms with Gasteiger partial charge in [-0.3, -0.25) is 0 Å². The number of anilines is 1. The molecule has 1 saturated carbocycles. The lowest BCUT2D eigenvalue weighted by molar-refractivity contribution is 0.0599. The van der Waals surface area contributed by atoms with Crippen molar-refractivity contribution >= 4 is 11.8 Å². The molecular weight excluding hydrogens is 228 g/mol. The molecule has 18 heavy (non-hydrogen) atoms. The summed E-state index contributed by atoms with van der Waals surface area (Å²) in [5.74, 6) is 1.28. The van der Waals surface area contributed by atoms with Crippen LogP contribution in [0.3, 0.4) is 0 Å². The summed E-state index contributed by atoms with van der Waals surface area (Å²) in [7, 11) is 1.38. The van der Waals surface area contributed by atoms with E-state index in [0.717, 1.165) is 18.3 Å². The van der Waals surface area contributed by atoms with E-state index in [1.807, 2.05) is 13.0 Å². The molecule has 1 aromatic heterocycles. The van der Waals surface area contributed by atoms with Gasteiger partial charge in [-0.05, 0) is 37.8 Å². The lowest BCUT2D eigenvalue weighted by Gasteiger charge is -2.12. The number of esters is 1. The average Bonchev–Trinajstić information content (AvgIpc) is 2.88. The van der Waals surface area contributed by atoms with Crippen LogP contribution in [0.15, 0.2) is 12.1 Å². The lowest BCUT2D eigenvalue weighted by Crippen LogP contribution is -2.13. The molecule has 0 amide bonds. The predicted molar refractivity (Wildman–Crippen MR) is 70.8 cm³/mol. The maximum absolute atomic E-state index is 11.4. The Morgan fingerprint density at radius 2 is 2.17 bits per heavy atom. The molecule has 1 N–H and O–H groups in total. The highest BCUT2D eigenvalue weighted by Gasteiger charge is 2.15. The minimum absolute atomic E-state index is 0.331. The monoisotopic (exact) mass is 248 g/mol. The fourth-order valence-corrected chi connectivity index (χ4v) is 2.45. The predicted octanol–water partition coefficient (Wildman–Crippen LogP) is 2.78. The van der Waals surface area contributed by atoms with Crippen molar-refractivity contribution in [2.75, 3.05) is 19.0 Å². The van der Waals surface area contributed by atoms with Gasteiger partial charge in [-0.1, -0.05) is 12.8 Å². The molecule has 1 fully saturated rings. The Hall–Kier alpha value is -1.58. The topological polar surface area (TPSA) is 51.2 Å². The van der Waals surface area contributed by atoms with Gasteiger partial charge < -0.3 is 10.1 Å². The van der Waals surface area contributed by atoms with E-state index in [9.17, 15) is 4.79 Å². The summed E-state index contributed by atoms with van der Waals surface area (Å²) in [6.07, 6.45) is 5.32. The Bertz CT molecular complexity index is 426. The summed E-state index contributed by atoms with van der Waals surface area (Å²) in [4.78, 5) is 15.8. The van der Waals surface area contributed by atoms with E-state index in [2.05, 4.69) is 10.3 Å². The van der Waals surface area contributed by atoms with Crippen molar-refractivity contribution in [1.29, 1.82) is 0 Å². The summed E-state index contributed by atoms with van der Waals surface area (Å²) < 4.78 is 4.70.